The summed E-state index contributed by atoms with van der Waals surface area (Å²) < 4.78 is 43.0. The highest BCUT2D eigenvalue weighted by Gasteiger charge is 2.30. The van der Waals surface area contributed by atoms with Gasteiger partial charge in [-0.05, 0) is 12.1 Å². The van der Waals surface area contributed by atoms with Crippen molar-refractivity contribution in [2.24, 2.45) is 0 Å². The molecule has 7 heteroatoms. The number of alkyl halides is 3. The highest BCUT2D eigenvalue weighted by Crippen LogP contribution is 2.30. The quantitative estimate of drug-likeness (QED) is 0.945. The smallest absolute Gasteiger partial charge is 0.416 e. The molecule has 0 atom stereocenters. The number of nitrogens with zero attached hydrogens (tertiary/aromatic N) is 2. The molecule has 0 spiro atoms. The molecule has 0 radical (unpaired) electrons. The van der Waals surface area contributed by atoms with E-state index in [0.29, 0.717) is 17.1 Å². The zero-order chi connectivity index (χ0) is 14.9. The molecule has 1 saturated heterocycles. The summed E-state index contributed by atoms with van der Waals surface area (Å²) >= 11 is 0. The summed E-state index contributed by atoms with van der Waals surface area (Å²) in [5.74, 6) is 0.917. The van der Waals surface area contributed by atoms with Crippen LogP contribution in [0.3, 0.4) is 0 Å². The number of hydrogen-bond donors (Lipinski definition) is 1. The van der Waals surface area contributed by atoms with Crippen LogP contribution in [0.5, 0.6) is 5.75 Å². The number of halogens is 3. The number of benzene rings is 1. The fourth-order valence-electron chi connectivity index (χ4n) is 1.87. The molecule has 4 nitrogen and oxygen atoms in total. The number of aromatic nitrogens is 2. The zero-order valence-corrected chi connectivity index (χ0v) is 10.9. The minimum Gasteiger partial charge on any atom is -0.485 e. The van der Waals surface area contributed by atoms with Crippen molar-refractivity contribution in [3.63, 3.8) is 0 Å². The van der Waals surface area contributed by atoms with Crippen molar-refractivity contribution in [2.75, 3.05) is 13.1 Å². The van der Waals surface area contributed by atoms with Crippen molar-refractivity contribution >= 4 is 0 Å². The van der Waals surface area contributed by atoms with E-state index < -0.39 is 11.7 Å². The maximum Gasteiger partial charge on any atom is 0.416 e. The maximum atomic E-state index is 12.5. The molecule has 3 rings (SSSR count). The van der Waals surface area contributed by atoms with E-state index in [1.807, 2.05) is 0 Å². The monoisotopic (exact) mass is 295 g/mol. The lowest BCUT2D eigenvalue weighted by Crippen LogP contribution is -2.50. The van der Waals surface area contributed by atoms with E-state index in [4.69, 9.17) is 4.74 Å². The zero-order valence-electron chi connectivity index (χ0n) is 10.9. The lowest BCUT2D eigenvalue weighted by molar-refractivity contribution is -0.137. The van der Waals surface area contributed by atoms with Gasteiger partial charge in [-0.15, -0.1) is 0 Å². The Balaban J connectivity index is 1.74. The Labute approximate surface area is 119 Å². The molecule has 1 aliphatic rings. The Hall–Kier alpha value is -2.15. The number of rotatable bonds is 3. The van der Waals surface area contributed by atoms with Crippen LogP contribution in [0.4, 0.5) is 13.2 Å². The summed E-state index contributed by atoms with van der Waals surface area (Å²) in [6, 6.07) is 4.75. The van der Waals surface area contributed by atoms with Crippen LogP contribution < -0.4 is 10.1 Å². The summed E-state index contributed by atoms with van der Waals surface area (Å²) in [5, 5.41) is 3.08. The Morgan fingerprint density at radius 3 is 2.14 bits per heavy atom. The first-order valence-corrected chi connectivity index (χ1v) is 6.39. The first-order valence-electron chi connectivity index (χ1n) is 6.39. The maximum absolute atomic E-state index is 12.5. The van der Waals surface area contributed by atoms with E-state index in [0.717, 1.165) is 25.2 Å². The van der Waals surface area contributed by atoms with Crippen molar-refractivity contribution < 1.29 is 17.9 Å². The normalized spacial score (nSPS) is 15.6. The minimum atomic E-state index is -4.34. The van der Waals surface area contributed by atoms with Crippen LogP contribution in [-0.4, -0.2) is 29.2 Å². The van der Waals surface area contributed by atoms with Crippen LogP contribution in [-0.2, 0) is 6.18 Å². The van der Waals surface area contributed by atoms with Gasteiger partial charge in [0.05, 0.1) is 18.0 Å². The predicted molar refractivity (Wildman–Crippen MR) is 69.8 cm³/mol. The molecular formula is C14H12F3N3O. The van der Waals surface area contributed by atoms with Crippen LogP contribution in [0.2, 0.25) is 0 Å². The van der Waals surface area contributed by atoms with Crippen molar-refractivity contribution in [1.82, 2.24) is 15.3 Å². The summed E-state index contributed by atoms with van der Waals surface area (Å²) in [5.41, 5.74) is -0.163. The van der Waals surface area contributed by atoms with E-state index in [9.17, 15) is 13.2 Å². The van der Waals surface area contributed by atoms with E-state index in [1.54, 1.807) is 0 Å². The second-order valence-electron chi connectivity index (χ2n) is 4.72. The van der Waals surface area contributed by atoms with Gasteiger partial charge in [0, 0.05) is 18.7 Å². The van der Waals surface area contributed by atoms with Crippen LogP contribution in [0, 0.1) is 0 Å². The van der Waals surface area contributed by atoms with Crippen molar-refractivity contribution in [2.45, 2.75) is 12.3 Å². The molecule has 0 amide bonds. The van der Waals surface area contributed by atoms with E-state index >= 15 is 0 Å². The molecule has 0 unspecified atom stereocenters. The molecular weight excluding hydrogens is 283 g/mol. The molecule has 0 aliphatic carbocycles. The van der Waals surface area contributed by atoms with Crippen molar-refractivity contribution in [1.29, 1.82) is 0 Å². The van der Waals surface area contributed by atoms with Gasteiger partial charge in [0.2, 0.25) is 0 Å². The van der Waals surface area contributed by atoms with Gasteiger partial charge in [0.25, 0.3) is 0 Å². The van der Waals surface area contributed by atoms with E-state index in [-0.39, 0.29) is 6.10 Å². The third-order valence-electron chi connectivity index (χ3n) is 3.15. The lowest BCUT2D eigenvalue weighted by Gasteiger charge is -2.27. The molecule has 21 heavy (non-hydrogen) atoms. The average Bonchev–Trinajstić information content (AvgIpc) is 2.43. The molecule has 2 aromatic rings. The first-order chi connectivity index (χ1) is 10.0. The van der Waals surface area contributed by atoms with Gasteiger partial charge in [-0.25, -0.2) is 9.97 Å². The Morgan fingerprint density at radius 1 is 1.05 bits per heavy atom. The minimum absolute atomic E-state index is 0.130. The summed E-state index contributed by atoms with van der Waals surface area (Å²) in [4.78, 5) is 8.23. The molecule has 1 aromatic heterocycles. The van der Waals surface area contributed by atoms with E-state index in [2.05, 4.69) is 15.3 Å². The summed E-state index contributed by atoms with van der Waals surface area (Å²) in [6.07, 6.45) is -1.16. The van der Waals surface area contributed by atoms with Gasteiger partial charge in [-0.2, -0.15) is 13.2 Å². The van der Waals surface area contributed by atoms with Gasteiger partial charge in [-0.3, -0.25) is 0 Å². The first kappa shape index (κ1) is 13.8. The second-order valence-corrected chi connectivity index (χ2v) is 4.72. The fourth-order valence-corrected chi connectivity index (χ4v) is 1.87. The molecule has 110 valence electrons. The highest BCUT2D eigenvalue weighted by molar-refractivity contribution is 5.55. The average molecular weight is 295 g/mol. The van der Waals surface area contributed by atoms with Gasteiger partial charge >= 0.3 is 6.18 Å². The van der Waals surface area contributed by atoms with Gasteiger partial charge in [0.1, 0.15) is 6.10 Å². The second kappa shape index (κ2) is 5.33. The lowest BCUT2D eigenvalue weighted by atomic mass is 10.1. The summed E-state index contributed by atoms with van der Waals surface area (Å²) in [6.45, 7) is 1.58. The fraction of sp³-hybridized carbons (Fsp3) is 0.286. The number of nitrogens with one attached hydrogen (secondary N) is 1. The number of hydrogen-bond acceptors (Lipinski definition) is 4. The topological polar surface area (TPSA) is 47.0 Å². The Bertz CT molecular complexity index is 607. The molecule has 1 aliphatic heterocycles. The molecule has 1 fully saturated rings. The predicted octanol–water partition coefficient (Wildman–Crippen LogP) is 2.51. The number of ether oxygens (including phenoxy) is 1. The highest BCUT2D eigenvalue weighted by atomic mass is 19.4. The van der Waals surface area contributed by atoms with Gasteiger partial charge < -0.3 is 10.1 Å². The molecule has 0 bridgehead atoms. The summed E-state index contributed by atoms with van der Waals surface area (Å²) in [7, 11) is 0. The van der Waals surface area contributed by atoms with Crippen LogP contribution in [0.15, 0.2) is 36.7 Å². The van der Waals surface area contributed by atoms with Crippen molar-refractivity contribution in [3.8, 4) is 17.1 Å². The molecule has 2 heterocycles. The largest absolute Gasteiger partial charge is 0.485 e. The van der Waals surface area contributed by atoms with E-state index in [1.165, 1.54) is 24.5 Å². The van der Waals surface area contributed by atoms with Crippen LogP contribution in [0.25, 0.3) is 11.4 Å². The molecule has 1 aromatic carbocycles. The Morgan fingerprint density at radius 2 is 1.67 bits per heavy atom. The van der Waals surface area contributed by atoms with Crippen molar-refractivity contribution in [3.05, 3.63) is 42.2 Å². The van der Waals surface area contributed by atoms with Crippen LogP contribution in [0.1, 0.15) is 5.56 Å². The third-order valence-corrected chi connectivity index (χ3v) is 3.15. The Kier molecular flexibility index (Phi) is 3.50. The van der Waals surface area contributed by atoms with Crippen LogP contribution >= 0.6 is 0 Å². The SMILES string of the molecule is FC(F)(F)c1ccc(-c2ncc(OC3CNC3)cn2)cc1. The van der Waals surface area contributed by atoms with Gasteiger partial charge in [0.15, 0.2) is 11.6 Å². The molecule has 1 N–H and O–H groups in total. The standard InChI is InChI=1S/C14H12F3N3O/c15-14(16,17)10-3-1-9(2-4-10)13-19-7-12(8-20-13)21-11-5-18-6-11/h1-4,7-8,11,18H,5-6H2. The van der Waals surface area contributed by atoms with Gasteiger partial charge in [-0.1, -0.05) is 12.1 Å². The molecule has 0 saturated carbocycles. The third kappa shape index (κ3) is 3.13.